The van der Waals surface area contributed by atoms with E-state index >= 15 is 0 Å². The SMILES string of the molecule is Cc1ccc(-c2cccc(-c3ccc(C(=O)N[C@@H]4C5CCN(CC5)[C@@H]4C)o3)c2)o1. The zero-order valence-corrected chi connectivity index (χ0v) is 16.9. The number of nitrogens with zero attached hydrogens (tertiary/aromatic N) is 1. The molecule has 1 aromatic carbocycles. The Hall–Kier alpha value is -2.79. The highest BCUT2D eigenvalue weighted by molar-refractivity contribution is 5.92. The molecule has 3 aromatic rings. The van der Waals surface area contributed by atoms with Crippen molar-refractivity contribution in [3.63, 3.8) is 0 Å². The van der Waals surface area contributed by atoms with E-state index in [2.05, 4.69) is 17.1 Å². The third kappa shape index (κ3) is 3.40. The van der Waals surface area contributed by atoms with E-state index in [0.717, 1.165) is 48.6 Å². The quantitative estimate of drug-likeness (QED) is 0.700. The van der Waals surface area contributed by atoms with Crippen LogP contribution in [0.25, 0.3) is 22.6 Å². The number of hydrogen-bond donors (Lipinski definition) is 1. The van der Waals surface area contributed by atoms with Crippen molar-refractivity contribution < 1.29 is 13.6 Å². The molecule has 2 atom stereocenters. The average molecular weight is 390 g/mol. The third-order valence-electron chi connectivity index (χ3n) is 6.48. The number of aryl methyl sites for hydroxylation is 1. The van der Waals surface area contributed by atoms with Gasteiger partial charge in [-0.1, -0.05) is 18.2 Å². The molecule has 3 aliphatic rings. The lowest BCUT2D eigenvalue weighted by atomic mass is 9.79. The molecule has 1 amide bonds. The van der Waals surface area contributed by atoms with Crippen LogP contribution in [0.15, 0.2) is 57.4 Å². The van der Waals surface area contributed by atoms with Crippen LogP contribution in [0.5, 0.6) is 0 Å². The molecular weight excluding hydrogens is 364 g/mol. The van der Waals surface area contributed by atoms with Crippen LogP contribution in [0.1, 0.15) is 36.1 Å². The molecular formula is C24H26N2O3. The van der Waals surface area contributed by atoms with E-state index in [1.54, 1.807) is 6.07 Å². The molecule has 2 aromatic heterocycles. The van der Waals surface area contributed by atoms with Gasteiger partial charge in [-0.25, -0.2) is 0 Å². The minimum atomic E-state index is -0.125. The lowest BCUT2D eigenvalue weighted by Gasteiger charge is -2.49. The highest BCUT2D eigenvalue weighted by Crippen LogP contribution is 2.33. The molecule has 0 radical (unpaired) electrons. The molecule has 0 unspecified atom stereocenters. The number of benzene rings is 1. The predicted octanol–water partition coefficient (Wildman–Crippen LogP) is 4.73. The van der Waals surface area contributed by atoms with Crippen LogP contribution < -0.4 is 5.32 Å². The number of hydrogen-bond acceptors (Lipinski definition) is 4. The van der Waals surface area contributed by atoms with E-state index in [1.807, 2.05) is 49.4 Å². The summed E-state index contributed by atoms with van der Waals surface area (Å²) in [6, 6.07) is 16.1. The van der Waals surface area contributed by atoms with Crippen LogP contribution in [0.3, 0.4) is 0 Å². The van der Waals surface area contributed by atoms with Crippen molar-refractivity contribution in [2.75, 3.05) is 13.1 Å². The fraction of sp³-hybridized carbons (Fsp3) is 0.375. The summed E-state index contributed by atoms with van der Waals surface area (Å²) in [5, 5.41) is 3.23. The molecule has 5 nitrogen and oxygen atoms in total. The minimum absolute atomic E-state index is 0.125. The Bertz CT molecular complexity index is 1020. The highest BCUT2D eigenvalue weighted by atomic mass is 16.4. The molecule has 2 bridgehead atoms. The number of piperidine rings is 3. The van der Waals surface area contributed by atoms with Gasteiger partial charge in [-0.15, -0.1) is 0 Å². The predicted molar refractivity (Wildman–Crippen MR) is 112 cm³/mol. The van der Waals surface area contributed by atoms with Crippen LogP contribution >= 0.6 is 0 Å². The standard InChI is InChI=1S/C24H26N2O3/c1-15-6-7-20(28-15)18-4-3-5-19(14-18)21-8-9-22(29-21)24(27)25-23-16(2)26-12-10-17(23)11-13-26/h3-9,14,16-17,23H,10-13H2,1-2H3,(H,25,27)/t16-,23+/m1/s1. The summed E-state index contributed by atoms with van der Waals surface area (Å²) < 4.78 is 11.7. The molecule has 5 heterocycles. The van der Waals surface area contributed by atoms with Crippen molar-refractivity contribution >= 4 is 5.91 Å². The second kappa shape index (κ2) is 7.23. The summed E-state index contributed by atoms with van der Waals surface area (Å²) >= 11 is 0. The van der Waals surface area contributed by atoms with E-state index in [4.69, 9.17) is 8.83 Å². The second-order valence-electron chi connectivity index (χ2n) is 8.27. The van der Waals surface area contributed by atoms with Crippen molar-refractivity contribution in [2.24, 2.45) is 5.92 Å². The summed E-state index contributed by atoms with van der Waals surface area (Å²) in [5.41, 5.74) is 1.91. The Balaban J connectivity index is 1.34. The first-order chi connectivity index (χ1) is 14.1. The van der Waals surface area contributed by atoms with E-state index in [1.165, 1.54) is 0 Å². The number of amides is 1. The Morgan fingerprint density at radius 3 is 2.34 bits per heavy atom. The Labute approximate surface area is 170 Å². The van der Waals surface area contributed by atoms with Gasteiger partial charge in [0.1, 0.15) is 17.3 Å². The molecule has 0 aliphatic carbocycles. The zero-order valence-electron chi connectivity index (χ0n) is 16.9. The van der Waals surface area contributed by atoms with Gasteiger partial charge in [0.25, 0.3) is 5.91 Å². The highest BCUT2D eigenvalue weighted by Gasteiger charge is 2.40. The zero-order chi connectivity index (χ0) is 20.0. The minimum Gasteiger partial charge on any atom is -0.461 e. The van der Waals surface area contributed by atoms with Gasteiger partial charge in [-0.2, -0.15) is 0 Å². The van der Waals surface area contributed by atoms with Gasteiger partial charge >= 0.3 is 0 Å². The molecule has 6 rings (SSSR count). The topological polar surface area (TPSA) is 58.6 Å². The Kier molecular flexibility index (Phi) is 4.55. The van der Waals surface area contributed by atoms with E-state index in [9.17, 15) is 4.79 Å². The van der Waals surface area contributed by atoms with Gasteiger partial charge in [0, 0.05) is 23.2 Å². The van der Waals surface area contributed by atoms with Crippen LogP contribution in [-0.2, 0) is 0 Å². The number of carbonyl (C=O) groups is 1. The van der Waals surface area contributed by atoms with Gasteiger partial charge in [0.2, 0.25) is 0 Å². The molecule has 3 saturated heterocycles. The van der Waals surface area contributed by atoms with Crippen molar-refractivity contribution in [3.8, 4) is 22.6 Å². The Morgan fingerprint density at radius 1 is 1.00 bits per heavy atom. The maximum Gasteiger partial charge on any atom is 0.287 e. The molecule has 5 heteroatoms. The molecule has 0 spiro atoms. The first-order valence-electron chi connectivity index (χ1n) is 10.4. The van der Waals surface area contributed by atoms with Gasteiger partial charge in [-0.05, 0) is 76.0 Å². The maximum absolute atomic E-state index is 12.8. The van der Waals surface area contributed by atoms with Crippen molar-refractivity contribution in [1.29, 1.82) is 0 Å². The second-order valence-corrected chi connectivity index (χ2v) is 8.27. The smallest absolute Gasteiger partial charge is 0.287 e. The summed E-state index contributed by atoms with van der Waals surface area (Å²) in [4.78, 5) is 15.3. The summed E-state index contributed by atoms with van der Waals surface area (Å²) in [6.45, 7) is 6.44. The fourth-order valence-electron chi connectivity index (χ4n) is 4.80. The third-order valence-corrected chi connectivity index (χ3v) is 6.48. The average Bonchev–Trinajstić information content (AvgIpc) is 3.41. The van der Waals surface area contributed by atoms with Crippen molar-refractivity contribution in [3.05, 3.63) is 60.1 Å². The fourth-order valence-corrected chi connectivity index (χ4v) is 4.80. The summed E-state index contributed by atoms with van der Waals surface area (Å²) in [6.07, 6.45) is 2.33. The van der Waals surface area contributed by atoms with E-state index < -0.39 is 0 Å². The molecule has 150 valence electrons. The first-order valence-corrected chi connectivity index (χ1v) is 10.4. The normalized spacial score (nSPS) is 25.9. The van der Waals surface area contributed by atoms with Crippen LogP contribution in [0.2, 0.25) is 0 Å². The number of nitrogens with one attached hydrogen (secondary N) is 1. The molecule has 0 saturated carbocycles. The molecule has 3 aliphatic heterocycles. The number of furan rings is 2. The van der Waals surface area contributed by atoms with Crippen LogP contribution in [0, 0.1) is 12.8 Å². The largest absolute Gasteiger partial charge is 0.461 e. The number of fused-ring (bicyclic) bond motifs is 3. The van der Waals surface area contributed by atoms with Gasteiger partial charge in [0.05, 0.1) is 0 Å². The first kappa shape index (κ1) is 18.3. The van der Waals surface area contributed by atoms with E-state index in [0.29, 0.717) is 23.5 Å². The lowest BCUT2D eigenvalue weighted by molar-refractivity contribution is 0.0211. The summed E-state index contributed by atoms with van der Waals surface area (Å²) in [5.74, 6) is 3.20. The maximum atomic E-state index is 12.8. The lowest BCUT2D eigenvalue weighted by Crippen LogP contribution is -2.62. The summed E-state index contributed by atoms with van der Waals surface area (Å²) in [7, 11) is 0. The Morgan fingerprint density at radius 2 is 1.69 bits per heavy atom. The monoisotopic (exact) mass is 390 g/mol. The molecule has 1 N–H and O–H groups in total. The van der Waals surface area contributed by atoms with Gasteiger partial charge < -0.3 is 14.2 Å². The number of rotatable bonds is 4. The van der Waals surface area contributed by atoms with Crippen LogP contribution in [0.4, 0.5) is 0 Å². The van der Waals surface area contributed by atoms with E-state index in [-0.39, 0.29) is 11.9 Å². The van der Waals surface area contributed by atoms with Gasteiger partial charge in [-0.3, -0.25) is 9.69 Å². The molecule has 29 heavy (non-hydrogen) atoms. The van der Waals surface area contributed by atoms with Crippen LogP contribution in [-0.4, -0.2) is 36.0 Å². The van der Waals surface area contributed by atoms with Gasteiger partial charge in [0.15, 0.2) is 5.76 Å². The number of carbonyl (C=O) groups excluding carboxylic acids is 1. The van der Waals surface area contributed by atoms with Crippen molar-refractivity contribution in [1.82, 2.24) is 10.2 Å². The van der Waals surface area contributed by atoms with Crippen molar-refractivity contribution in [2.45, 2.75) is 38.8 Å². The molecule has 3 fully saturated rings.